The molecule has 0 unspecified atom stereocenters. The Hall–Kier alpha value is -1.76. The van der Waals surface area contributed by atoms with Crippen molar-refractivity contribution in [3.63, 3.8) is 0 Å². The van der Waals surface area contributed by atoms with Gasteiger partial charge < -0.3 is 4.79 Å². The predicted octanol–water partition coefficient (Wildman–Crippen LogP) is 2.95. The number of hydrogen-bond donors (Lipinski definition) is 0. The molecular formula is C12H9F3O. The topological polar surface area (TPSA) is 17.1 Å². The Kier molecular flexibility index (Phi) is 3.73. The van der Waals surface area contributed by atoms with Crippen molar-refractivity contribution in [2.24, 2.45) is 0 Å². The molecule has 1 aromatic rings. The molecule has 0 aromatic heterocycles. The highest BCUT2D eigenvalue weighted by Crippen LogP contribution is 2.30. The van der Waals surface area contributed by atoms with E-state index in [2.05, 4.69) is 11.8 Å². The van der Waals surface area contributed by atoms with E-state index < -0.39 is 11.7 Å². The minimum absolute atomic E-state index is 0.0231. The van der Waals surface area contributed by atoms with E-state index in [0.717, 1.165) is 12.1 Å². The Balaban J connectivity index is 3.10. The molecule has 0 heterocycles. The smallest absolute Gasteiger partial charge is 0.302 e. The van der Waals surface area contributed by atoms with Crippen LogP contribution < -0.4 is 0 Å². The maximum absolute atomic E-state index is 12.4. The third-order valence-corrected chi connectivity index (χ3v) is 1.82. The van der Waals surface area contributed by atoms with Gasteiger partial charge in [-0.05, 0) is 30.7 Å². The molecule has 0 amide bonds. The van der Waals surface area contributed by atoms with Crippen molar-refractivity contribution in [1.82, 2.24) is 0 Å². The second kappa shape index (κ2) is 4.84. The van der Waals surface area contributed by atoms with E-state index in [9.17, 15) is 18.0 Å². The number of aldehydes is 1. The summed E-state index contributed by atoms with van der Waals surface area (Å²) in [6.45, 7) is 1.57. The first-order valence-corrected chi connectivity index (χ1v) is 4.55. The zero-order valence-electron chi connectivity index (χ0n) is 8.56. The van der Waals surface area contributed by atoms with E-state index in [1.165, 1.54) is 0 Å². The van der Waals surface area contributed by atoms with E-state index in [1.54, 1.807) is 13.0 Å². The fourth-order valence-corrected chi connectivity index (χ4v) is 1.21. The summed E-state index contributed by atoms with van der Waals surface area (Å²) in [7, 11) is 0. The third kappa shape index (κ3) is 3.43. The summed E-state index contributed by atoms with van der Waals surface area (Å²) in [6, 6.07) is 3.59. The zero-order valence-corrected chi connectivity index (χ0v) is 8.56. The van der Waals surface area contributed by atoms with Crippen LogP contribution >= 0.6 is 0 Å². The molecule has 1 rings (SSSR count). The van der Waals surface area contributed by atoms with Gasteiger partial charge >= 0.3 is 6.18 Å². The van der Waals surface area contributed by atoms with Crippen molar-refractivity contribution < 1.29 is 18.0 Å². The van der Waals surface area contributed by atoms with Crippen LogP contribution in [-0.4, -0.2) is 6.29 Å². The largest absolute Gasteiger partial charge is 0.416 e. The van der Waals surface area contributed by atoms with Gasteiger partial charge in [-0.2, -0.15) is 13.2 Å². The number of alkyl halides is 3. The second-order valence-corrected chi connectivity index (χ2v) is 3.26. The van der Waals surface area contributed by atoms with Crippen LogP contribution in [0.1, 0.15) is 23.1 Å². The van der Waals surface area contributed by atoms with Crippen LogP contribution in [0.3, 0.4) is 0 Å². The van der Waals surface area contributed by atoms with Crippen LogP contribution in [0.5, 0.6) is 0 Å². The summed E-state index contributed by atoms with van der Waals surface area (Å²) in [5, 5.41) is 0. The molecule has 1 aromatic carbocycles. The van der Waals surface area contributed by atoms with Crippen molar-refractivity contribution in [3.05, 3.63) is 34.9 Å². The molecule has 0 N–H and O–H groups in total. The highest BCUT2D eigenvalue weighted by atomic mass is 19.4. The molecule has 84 valence electrons. The molecule has 16 heavy (non-hydrogen) atoms. The Bertz CT molecular complexity index is 450. The molecule has 1 nitrogen and oxygen atoms in total. The van der Waals surface area contributed by atoms with Crippen molar-refractivity contribution in [3.8, 4) is 11.8 Å². The van der Waals surface area contributed by atoms with E-state index in [-0.39, 0.29) is 12.0 Å². The van der Waals surface area contributed by atoms with Gasteiger partial charge in [0.15, 0.2) is 0 Å². The quantitative estimate of drug-likeness (QED) is 0.531. The number of hydrogen-bond acceptors (Lipinski definition) is 1. The van der Waals surface area contributed by atoms with Gasteiger partial charge in [-0.1, -0.05) is 11.8 Å². The molecule has 0 aliphatic heterocycles. The normalized spacial score (nSPS) is 10.5. The third-order valence-electron chi connectivity index (χ3n) is 1.82. The number of carbonyl (C=O) groups excluding carboxylic acids is 1. The van der Waals surface area contributed by atoms with Gasteiger partial charge in [0.05, 0.1) is 12.0 Å². The van der Waals surface area contributed by atoms with E-state index >= 15 is 0 Å². The lowest BCUT2D eigenvalue weighted by molar-refractivity contribution is -0.137. The molecule has 0 atom stereocenters. The second-order valence-electron chi connectivity index (χ2n) is 3.26. The molecule has 0 saturated carbocycles. The van der Waals surface area contributed by atoms with Crippen LogP contribution in [0.15, 0.2) is 18.2 Å². The van der Waals surface area contributed by atoms with E-state index in [1.807, 2.05) is 0 Å². The summed E-state index contributed by atoms with van der Waals surface area (Å²) >= 11 is 0. The van der Waals surface area contributed by atoms with Gasteiger partial charge in [-0.25, -0.2) is 0 Å². The first kappa shape index (κ1) is 12.3. The highest BCUT2D eigenvalue weighted by Gasteiger charge is 2.30. The summed E-state index contributed by atoms with van der Waals surface area (Å²) < 4.78 is 37.3. The molecule has 0 fully saturated rings. The maximum Gasteiger partial charge on any atom is 0.416 e. The molecule has 4 heteroatoms. The number of benzene rings is 1. The summed E-state index contributed by atoms with van der Waals surface area (Å²) in [4.78, 5) is 10.0. The Morgan fingerprint density at radius 3 is 2.56 bits per heavy atom. The van der Waals surface area contributed by atoms with Crippen molar-refractivity contribution in [2.75, 3.05) is 0 Å². The Morgan fingerprint density at radius 2 is 2.00 bits per heavy atom. The predicted molar refractivity (Wildman–Crippen MR) is 53.7 cm³/mol. The van der Waals surface area contributed by atoms with Crippen molar-refractivity contribution in [2.45, 2.75) is 19.5 Å². The van der Waals surface area contributed by atoms with Gasteiger partial charge in [-0.3, -0.25) is 0 Å². The summed E-state index contributed by atoms with van der Waals surface area (Å²) in [6.07, 6.45) is -3.74. The summed E-state index contributed by atoms with van der Waals surface area (Å²) in [5.41, 5.74) is 0.0438. The average Bonchev–Trinajstić information content (AvgIpc) is 2.16. The highest BCUT2D eigenvalue weighted by molar-refractivity contribution is 5.55. The van der Waals surface area contributed by atoms with Gasteiger partial charge in [-0.15, -0.1) is 0 Å². The zero-order chi connectivity index (χ0) is 12.2. The van der Waals surface area contributed by atoms with Crippen molar-refractivity contribution >= 4 is 6.29 Å². The standard InChI is InChI=1S/C12H9F3O/c1-9-6-10(4-2-3-5-16)8-11(7-9)12(13,14)15/h5-8H,3H2,1H3. The Labute approximate surface area is 91.3 Å². The molecule has 0 spiro atoms. The fourth-order valence-electron chi connectivity index (χ4n) is 1.21. The van der Waals surface area contributed by atoms with Crippen LogP contribution in [0.25, 0.3) is 0 Å². The number of halogens is 3. The molecule has 0 bridgehead atoms. The number of aryl methyl sites for hydroxylation is 1. The SMILES string of the molecule is Cc1cc(C#CCC=O)cc(C(F)(F)F)c1. The average molecular weight is 226 g/mol. The Morgan fingerprint density at radius 1 is 1.31 bits per heavy atom. The monoisotopic (exact) mass is 226 g/mol. The number of rotatable bonds is 1. The molecule has 0 radical (unpaired) electrons. The van der Waals surface area contributed by atoms with Crippen LogP contribution in [0.2, 0.25) is 0 Å². The maximum atomic E-state index is 12.4. The first-order valence-electron chi connectivity index (χ1n) is 4.55. The molecule has 0 aliphatic rings. The molecule has 0 saturated heterocycles. The minimum atomic E-state index is -4.37. The van der Waals surface area contributed by atoms with Gasteiger partial charge in [0.25, 0.3) is 0 Å². The first-order chi connectivity index (χ1) is 7.43. The molecule has 0 aliphatic carbocycles. The lowest BCUT2D eigenvalue weighted by Gasteiger charge is -2.07. The van der Waals surface area contributed by atoms with Crippen LogP contribution in [-0.2, 0) is 11.0 Å². The lowest BCUT2D eigenvalue weighted by Crippen LogP contribution is -2.05. The van der Waals surface area contributed by atoms with Gasteiger partial charge in [0.2, 0.25) is 0 Å². The van der Waals surface area contributed by atoms with Crippen LogP contribution in [0, 0.1) is 18.8 Å². The fraction of sp³-hybridized carbons (Fsp3) is 0.250. The van der Waals surface area contributed by atoms with Crippen molar-refractivity contribution in [1.29, 1.82) is 0 Å². The van der Waals surface area contributed by atoms with Gasteiger partial charge in [0.1, 0.15) is 6.29 Å². The van der Waals surface area contributed by atoms with Crippen LogP contribution in [0.4, 0.5) is 13.2 Å². The summed E-state index contributed by atoms with van der Waals surface area (Å²) in [5.74, 6) is 4.99. The lowest BCUT2D eigenvalue weighted by atomic mass is 10.1. The van der Waals surface area contributed by atoms with E-state index in [4.69, 9.17) is 0 Å². The minimum Gasteiger partial charge on any atom is -0.302 e. The van der Waals surface area contributed by atoms with E-state index in [0.29, 0.717) is 11.8 Å². The number of carbonyl (C=O) groups is 1. The van der Waals surface area contributed by atoms with Gasteiger partial charge in [0, 0.05) is 5.56 Å². The molecular weight excluding hydrogens is 217 g/mol.